The summed E-state index contributed by atoms with van der Waals surface area (Å²) in [4.78, 5) is 18.3. The van der Waals surface area contributed by atoms with E-state index in [4.69, 9.17) is 4.74 Å². The minimum absolute atomic E-state index is 0.0937. The quantitative estimate of drug-likeness (QED) is 0.842. The van der Waals surface area contributed by atoms with Crippen LogP contribution in [0.15, 0.2) is 54.6 Å². The SMILES string of the molecule is COc1cccc(N2CC[NH+](CC(=O)N(C)[C@@H](C)c3ccccc3)CC2)c1. The Morgan fingerprint density at radius 3 is 2.52 bits per heavy atom. The summed E-state index contributed by atoms with van der Waals surface area (Å²) < 4.78 is 5.32. The summed E-state index contributed by atoms with van der Waals surface area (Å²) in [6.07, 6.45) is 0. The number of rotatable bonds is 6. The maximum atomic E-state index is 12.7. The minimum atomic E-state index is 0.0937. The number of hydrogen-bond donors (Lipinski definition) is 1. The Morgan fingerprint density at radius 2 is 1.85 bits per heavy atom. The van der Waals surface area contributed by atoms with E-state index in [1.807, 2.05) is 42.3 Å². The molecule has 0 aromatic heterocycles. The van der Waals surface area contributed by atoms with Crippen LogP contribution in [-0.2, 0) is 4.79 Å². The molecule has 1 aliphatic rings. The lowest BCUT2D eigenvalue weighted by atomic mass is 10.1. The average Bonchev–Trinajstić information content (AvgIpc) is 2.73. The van der Waals surface area contributed by atoms with Gasteiger partial charge in [-0.05, 0) is 24.6 Å². The van der Waals surface area contributed by atoms with Crippen molar-refractivity contribution >= 4 is 11.6 Å². The highest BCUT2D eigenvalue weighted by atomic mass is 16.5. The van der Waals surface area contributed by atoms with Crippen molar-refractivity contribution in [1.82, 2.24) is 4.90 Å². The molecule has 0 bridgehead atoms. The van der Waals surface area contributed by atoms with Crippen LogP contribution >= 0.6 is 0 Å². The summed E-state index contributed by atoms with van der Waals surface area (Å²) in [6.45, 7) is 6.48. The van der Waals surface area contributed by atoms with Gasteiger partial charge in [0.2, 0.25) is 0 Å². The van der Waals surface area contributed by atoms with Crippen molar-refractivity contribution < 1.29 is 14.4 Å². The lowest BCUT2D eigenvalue weighted by Crippen LogP contribution is -3.15. The first-order valence-electron chi connectivity index (χ1n) is 9.61. The maximum absolute atomic E-state index is 12.7. The van der Waals surface area contributed by atoms with Gasteiger partial charge in [0.1, 0.15) is 5.75 Å². The Balaban J connectivity index is 1.51. The number of hydrogen-bond acceptors (Lipinski definition) is 3. The molecule has 0 spiro atoms. The number of likely N-dealkylation sites (N-methyl/N-ethyl adjacent to an activating group) is 1. The highest BCUT2D eigenvalue weighted by molar-refractivity contribution is 5.77. The normalized spacial score (nSPS) is 16.0. The van der Waals surface area contributed by atoms with E-state index in [0.717, 1.165) is 31.9 Å². The number of ether oxygens (including phenoxy) is 1. The first kappa shape index (κ1) is 19.2. The van der Waals surface area contributed by atoms with Gasteiger partial charge in [0.25, 0.3) is 5.91 Å². The zero-order valence-corrected chi connectivity index (χ0v) is 16.5. The van der Waals surface area contributed by atoms with Crippen LogP contribution in [0.3, 0.4) is 0 Å². The van der Waals surface area contributed by atoms with Crippen molar-refractivity contribution in [3.63, 3.8) is 0 Å². The maximum Gasteiger partial charge on any atom is 0.278 e. The average molecular weight is 369 g/mol. The van der Waals surface area contributed by atoms with E-state index in [2.05, 4.69) is 36.1 Å². The molecule has 1 N–H and O–H groups in total. The summed E-state index contributed by atoms with van der Waals surface area (Å²) in [5.74, 6) is 1.09. The van der Waals surface area contributed by atoms with Gasteiger partial charge in [0.15, 0.2) is 6.54 Å². The number of carbonyl (C=O) groups excluding carboxylic acids is 1. The van der Waals surface area contributed by atoms with Gasteiger partial charge < -0.3 is 19.4 Å². The second-order valence-electron chi connectivity index (χ2n) is 7.21. The molecule has 0 aliphatic carbocycles. The van der Waals surface area contributed by atoms with Crippen LogP contribution in [-0.4, -0.2) is 57.7 Å². The van der Waals surface area contributed by atoms with Crippen molar-refractivity contribution in [3.05, 3.63) is 60.2 Å². The second kappa shape index (κ2) is 8.91. The topological polar surface area (TPSA) is 37.2 Å². The molecule has 1 heterocycles. The fraction of sp³-hybridized carbons (Fsp3) is 0.409. The van der Waals surface area contributed by atoms with Gasteiger partial charge in [-0.2, -0.15) is 0 Å². The predicted octanol–water partition coefficient (Wildman–Crippen LogP) is 1.62. The summed E-state index contributed by atoms with van der Waals surface area (Å²) >= 11 is 0. The fourth-order valence-corrected chi connectivity index (χ4v) is 3.57. The summed E-state index contributed by atoms with van der Waals surface area (Å²) in [7, 11) is 3.60. The molecular formula is C22H30N3O2+. The third kappa shape index (κ3) is 4.80. The van der Waals surface area contributed by atoms with E-state index in [1.165, 1.54) is 16.2 Å². The standard InChI is InChI=1S/C22H29N3O2/c1-18(19-8-5-4-6-9-19)23(2)22(26)17-24-12-14-25(15-13-24)20-10-7-11-21(16-20)27-3/h4-11,16,18H,12-15,17H2,1-3H3/p+1/t18-/m0/s1. The molecule has 5 nitrogen and oxygen atoms in total. The van der Waals surface area contributed by atoms with Gasteiger partial charge in [0, 0.05) is 18.8 Å². The van der Waals surface area contributed by atoms with Crippen LogP contribution in [0, 0.1) is 0 Å². The highest BCUT2D eigenvalue weighted by Gasteiger charge is 2.26. The van der Waals surface area contributed by atoms with Crippen LogP contribution in [0.2, 0.25) is 0 Å². The predicted molar refractivity (Wildman–Crippen MR) is 108 cm³/mol. The molecule has 1 fully saturated rings. The van der Waals surface area contributed by atoms with Crippen molar-refractivity contribution in [1.29, 1.82) is 0 Å². The summed E-state index contributed by atoms with van der Waals surface area (Å²) in [6, 6.07) is 18.5. The first-order valence-corrected chi connectivity index (χ1v) is 9.61. The number of amides is 1. The molecule has 27 heavy (non-hydrogen) atoms. The lowest BCUT2D eigenvalue weighted by molar-refractivity contribution is -0.892. The molecule has 1 aliphatic heterocycles. The van der Waals surface area contributed by atoms with Crippen molar-refractivity contribution in [2.24, 2.45) is 0 Å². The molecule has 1 amide bonds. The van der Waals surface area contributed by atoms with Gasteiger partial charge in [-0.15, -0.1) is 0 Å². The highest BCUT2D eigenvalue weighted by Crippen LogP contribution is 2.21. The number of anilines is 1. The number of quaternary nitrogens is 1. The Labute approximate surface area is 162 Å². The van der Waals surface area contributed by atoms with Crippen molar-refractivity contribution in [2.75, 3.05) is 51.8 Å². The molecule has 0 radical (unpaired) electrons. The van der Waals surface area contributed by atoms with Crippen LogP contribution in [0.25, 0.3) is 0 Å². The molecule has 0 saturated carbocycles. The van der Waals surface area contributed by atoms with Crippen LogP contribution in [0.5, 0.6) is 5.75 Å². The second-order valence-corrected chi connectivity index (χ2v) is 7.21. The van der Waals surface area contributed by atoms with Crippen molar-refractivity contribution in [3.8, 4) is 5.75 Å². The van der Waals surface area contributed by atoms with Crippen LogP contribution in [0.1, 0.15) is 18.5 Å². The van der Waals surface area contributed by atoms with Gasteiger partial charge in [0.05, 0.1) is 39.3 Å². The number of carbonyl (C=O) groups is 1. The van der Waals surface area contributed by atoms with Crippen molar-refractivity contribution in [2.45, 2.75) is 13.0 Å². The molecular weight excluding hydrogens is 338 g/mol. The molecule has 1 atom stereocenters. The molecule has 2 aromatic carbocycles. The fourth-order valence-electron chi connectivity index (χ4n) is 3.57. The molecule has 2 aromatic rings. The van der Waals surface area contributed by atoms with Crippen LogP contribution in [0.4, 0.5) is 5.69 Å². The number of benzene rings is 2. The van der Waals surface area contributed by atoms with Gasteiger partial charge in [-0.1, -0.05) is 36.4 Å². The summed E-state index contributed by atoms with van der Waals surface area (Å²) in [5.41, 5.74) is 2.36. The zero-order chi connectivity index (χ0) is 19.2. The first-order chi connectivity index (χ1) is 13.1. The monoisotopic (exact) mass is 368 g/mol. The molecule has 0 unspecified atom stereocenters. The van der Waals surface area contributed by atoms with Crippen LogP contribution < -0.4 is 14.5 Å². The Hall–Kier alpha value is -2.53. The van der Waals surface area contributed by atoms with E-state index in [9.17, 15) is 4.79 Å². The summed E-state index contributed by atoms with van der Waals surface area (Å²) in [5, 5.41) is 0. The van der Waals surface area contributed by atoms with E-state index < -0.39 is 0 Å². The molecule has 1 saturated heterocycles. The van der Waals surface area contributed by atoms with E-state index in [1.54, 1.807) is 7.11 Å². The van der Waals surface area contributed by atoms with Gasteiger partial charge in [-0.25, -0.2) is 0 Å². The Bertz CT molecular complexity index is 742. The zero-order valence-electron chi connectivity index (χ0n) is 16.5. The van der Waals surface area contributed by atoms with Gasteiger partial charge >= 0.3 is 0 Å². The largest absolute Gasteiger partial charge is 0.497 e. The number of methoxy groups -OCH3 is 1. The Kier molecular flexibility index (Phi) is 6.35. The smallest absolute Gasteiger partial charge is 0.278 e. The van der Waals surface area contributed by atoms with E-state index >= 15 is 0 Å². The third-order valence-electron chi connectivity index (χ3n) is 5.55. The van der Waals surface area contributed by atoms with Gasteiger partial charge in [-0.3, -0.25) is 4.79 Å². The molecule has 144 valence electrons. The number of piperazine rings is 1. The minimum Gasteiger partial charge on any atom is -0.497 e. The molecule has 3 rings (SSSR count). The Morgan fingerprint density at radius 1 is 1.15 bits per heavy atom. The molecule has 5 heteroatoms. The third-order valence-corrected chi connectivity index (χ3v) is 5.55. The number of nitrogens with one attached hydrogen (secondary N) is 1. The number of nitrogens with zero attached hydrogens (tertiary/aromatic N) is 2. The van der Waals surface area contributed by atoms with E-state index in [0.29, 0.717) is 6.54 Å². The lowest BCUT2D eigenvalue weighted by Gasteiger charge is -2.34. The van der Waals surface area contributed by atoms with E-state index in [-0.39, 0.29) is 11.9 Å².